The Labute approximate surface area is 553 Å². The normalized spacial score (nSPS) is 11.9. The topological polar surface area (TPSA) is 148 Å². The molecule has 91 heavy (non-hydrogen) atoms. The minimum atomic E-state index is -0.256. The molecule has 2 heterocycles. The molecule has 0 fully saturated rings. The molecule has 14 nitrogen and oxygen atoms in total. The van der Waals surface area contributed by atoms with Gasteiger partial charge >= 0.3 is 0 Å². The van der Waals surface area contributed by atoms with E-state index in [0.717, 1.165) is 81.3 Å². The molecule has 8 aromatic carbocycles. The molecule has 476 valence electrons. The average molecular weight is 1340 g/mol. The van der Waals surface area contributed by atoms with E-state index < -0.39 is 0 Å². The summed E-state index contributed by atoms with van der Waals surface area (Å²) in [5, 5.41) is 10.9. The Morgan fingerprint density at radius 1 is 0.451 bits per heavy atom. The van der Waals surface area contributed by atoms with Gasteiger partial charge in [0.1, 0.15) is 67.5 Å². The van der Waals surface area contributed by atoms with Crippen molar-refractivity contribution >= 4 is 62.8 Å². The maximum atomic E-state index is 14.2. The van der Waals surface area contributed by atoms with Crippen LogP contribution in [0.2, 0.25) is 0 Å². The molecule has 2 aliphatic heterocycles. The molecule has 10 rings (SSSR count). The van der Waals surface area contributed by atoms with E-state index in [9.17, 15) is 24.3 Å². The zero-order valence-corrected chi connectivity index (χ0v) is 55.2. The van der Waals surface area contributed by atoms with E-state index in [4.69, 9.17) is 46.9 Å². The second kappa shape index (κ2) is 35.2. The second-order valence-corrected chi connectivity index (χ2v) is 23.6. The molecule has 0 aliphatic carbocycles. The van der Waals surface area contributed by atoms with Crippen LogP contribution in [-0.4, -0.2) is 99.2 Å². The summed E-state index contributed by atoms with van der Waals surface area (Å²) >= 11 is 14.1. The number of carbonyl (C=O) groups is 4. The molecule has 8 aromatic rings. The number of unbranched alkanes of at least 4 members (excludes halogenated alkanes) is 2. The smallest absolute Gasteiger partial charge is 0.258 e. The zero-order valence-electron chi connectivity index (χ0n) is 52.1. The van der Waals surface area contributed by atoms with E-state index in [1.54, 1.807) is 70.1 Å². The number of aromatic hydroxyl groups is 1. The lowest BCUT2D eigenvalue weighted by Gasteiger charge is -2.23. The molecule has 1 N–H and O–H groups in total. The Morgan fingerprint density at radius 3 is 1.16 bits per heavy atom. The molecule has 0 bridgehead atoms. The van der Waals surface area contributed by atoms with Crippen LogP contribution < -0.4 is 23.7 Å². The molecule has 0 unspecified atom stereocenters. The number of hydrogen-bond donors (Lipinski definition) is 1. The van der Waals surface area contributed by atoms with E-state index >= 15 is 0 Å². The van der Waals surface area contributed by atoms with Gasteiger partial charge in [-0.25, -0.2) is 0 Å². The largest absolute Gasteiger partial charge is 0.508 e. The molecule has 0 aromatic heterocycles. The fourth-order valence-electron chi connectivity index (χ4n) is 10.2. The number of nitrogens with zero attached hydrogens (tertiary/aromatic N) is 4. The minimum Gasteiger partial charge on any atom is -0.508 e. The van der Waals surface area contributed by atoms with Gasteiger partial charge in [-0.15, -0.1) is 23.2 Å². The minimum absolute atomic E-state index is 0.165. The van der Waals surface area contributed by atoms with Crippen LogP contribution in [0.3, 0.4) is 0 Å². The van der Waals surface area contributed by atoms with E-state index in [1.807, 2.05) is 146 Å². The van der Waals surface area contributed by atoms with E-state index in [2.05, 4.69) is 29.8 Å². The van der Waals surface area contributed by atoms with Crippen molar-refractivity contribution in [2.24, 2.45) is 0 Å². The fraction of sp³-hybridized carbons (Fsp3) is 0.297. The highest BCUT2D eigenvalue weighted by atomic mass is 79.9. The number of halogens is 3. The van der Waals surface area contributed by atoms with Crippen molar-refractivity contribution < 1.29 is 48.0 Å². The summed E-state index contributed by atoms with van der Waals surface area (Å²) in [5.41, 5.74) is 9.02. The predicted octanol–water partition coefficient (Wildman–Crippen LogP) is 15.7. The molecule has 4 amide bonds. The maximum Gasteiger partial charge on any atom is 0.258 e. The van der Waals surface area contributed by atoms with Crippen molar-refractivity contribution in [1.29, 1.82) is 0 Å². The van der Waals surface area contributed by atoms with Crippen molar-refractivity contribution in [3.05, 3.63) is 249 Å². The SMILES string of the molecule is CCCCN(C)C(=O)c1cc(C(=O)N2Cc3ccc(O)cc3C2)c(OCc2ccccc2)cc1OCc1ccccc1.CCCCN(C)C(=O)c1cc(C(=O)N2Cc3ccc(OCCCl)cc3C2)c(OCc2ccccc2)cc1OCc1ccccc1.ClCCBr. The van der Waals surface area contributed by atoms with Crippen LogP contribution in [0.25, 0.3) is 0 Å². The highest BCUT2D eigenvalue weighted by Gasteiger charge is 2.32. The quantitative estimate of drug-likeness (QED) is 0.0520. The first kappa shape index (κ1) is 68.4. The van der Waals surface area contributed by atoms with Crippen LogP contribution in [0, 0.1) is 0 Å². The van der Waals surface area contributed by atoms with Crippen LogP contribution in [0.1, 0.15) is 125 Å². The second-order valence-electron chi connectivity index (χ2n) is 22.1. The summed E-state index contributed by atoms with van der Waals surface area (Å²) in [7, 11) is 3.55. The number of phenolic OH excluding ortho intramolecular Hbond substituents is 1. The molecule has 0 radical (unpaired) electrons. The Balaban J connectivity index is 0.000000222. The third-order valence-electron chi connectivity index (χ3n) is 15.2. The van der Waals surface area contributed by atoms with Gasteiger partial charge in [0.25, 0.3) is 23.6 Å². The number of ether oxygens (including phenoxy) is 5. The number of amides is 4. The van der Waals surface area contributed by atoms with Crippen molar-refractivity contribution in [3.63, 3.8) is 0 Å². The van der Waals surface area contributed by atoms with Gasteiger partial charge in [-0.3, -0.25) is 19.2 Å². The summed E-state index contributed by atoms with van der Waals surface area (Å²) in [4.78, 5) is 62.7. The lowest BCUT2D eigenvalue weighted by atomic mass is 10.0. The van der Waals surface area contributed by atoms with Crippen molar-refractivity contribution in [2.75, 3.05) is 50.9 Å². The molecule has 0 atom stereocenters. The Bertz CT molecular complexity index is 3660. The van der Waals surface area contributed by atoms with Crippen LogP contribution in [0.4, 0.5) is 0 Å². The molecule has 0 saturated carbocycles. The van der Waals surface area contributed by atoms with Crippen molar-refractivity contribution in [2.45, 2.75) is 92.1 Å². The monoisotopic (exact) mass is 1330 g/mol. The van der Waals surface area contributed by atoms with E-state index in [0.29, 0.717) is 103 Å². The Kier molecular flexibility index (Phi) is 26.5. The number of rotatable bonds is 26. The lowest BCUT2D eigenvalue weighted by molar-refractivity contribution is 0.0736. The lowest BCUT2D eigenvalue weighted by Crippen LogP contribution is -2.30. The average Bonchev–Trinajstić information content (AvgIpc) is 1.80. The third-order valence-corrected chi connectivity index (χ3v) is 16.4. The fourth-order valence-corrected chi connectivity index (χ4v) is 10.3. The summed E-state index contributed by atoms with van der Waals surface area (Å²) < 4.78 is 30.8. The molecular weight excluding hydrogens is 1260 g/mol. The van der Waals surface area contributed by atoms with E-state index in [1.165, 1.54) is 0 Å². The number of alkyl halides is 3. The number of hydrogen-bond acceptors (Lipinski definition) is 10. The van der Waals surface area contributed by atoms with E-state index in [-0.39, 0.29) is 55.8 Å². The van der Waals surface area contributed by atoms with Gasteiger partial charge < -0.3 is 48.4 Å². The molecule has 0 saturated heterocycles. The first-order chi connectivity index (χ1) is 44.3. The zero-order chi connectivity index (χ0) is 64.5. The number of fused-ring (bicyclic) bond motifs is 2. The van der Waals surface area contributed by atoms with Gasteiger partial charge in [0.15, 0.2) is 0 Å². The number of carbonyl (C=O) groups excluding carboxylic acids is 4. The summed E-state index contributed by atoms with van der Waals surface area (Å²) in [6, 6.07) is 56.6. The van der Waals surface area contributed by atoms with Crippen LogP contribution in [-0.2, 0) is 52.6 Å². The summed E-state index contributed by atoms with van der Waals surface area (Å²) in [6.45, 7) is 8.40. The van der Waals surface area contributed by atoms with Gasteiger partial charge in [0.2, 0.25) is 0 Å². The number of benzene rings is 8. The maximum absolute atomic E-state index is 14.2. The van der Waals surface area contributed by atoms with Gasteiger partial charge in [0, 0.05) is 76.7 Å². The highest BCUT2D eigenvalue weighted by molar-refractivity contribution is 9.09. The standard InChI is InChI=1S/C37H39ClN2O5.C35H36N2O5.C2H4BrCl/c1-3-4-18-39(2)36(41)32-21-33(37(42)40-23-29-15-16-31(43-19-17-38)20-30(29)24-40)35(45-26-28-13-9-6-10-14-28)22-34(32)44-25-27-11-7-5-8-12-27;1-3-4-17-36(2)34(39)30-19-31(35(40)37-21-27-15-16-29(38)18-28(27)22-37)33(42-24-26-13-9-6-10-14-26)20-32(30)41-23-25-11-7-5-8-12-25;3-1-2-4/h5-16,20-22H,3-4,17-19,23-26H2,1-2H3;5-16,18-20,38H,3-4,17,21-24H2,1-2H3;1-2H2. The highest BCUT2D eigenvalue weighted by Crippen LogP contribution is 2.38. The summed E-state index contributed by atoms with van der Waals surface area (Å²) in [5.74, 6) is 2.53. The van der Waals surface area contributed by atoms with Crippen molar-refractivity contribution in [3.8, 4) is 34.5 Å². The van der Waals surface area contributed by atoms with Gasteiger partial charge in [0.05, 0.1) is 28.1 Å². The first-order valence-corrected chi connectivity index (χ1v) is 32.9. The Morgan fingerprint density at radius 2 is 0.802 bits per heavy atom. The number of phenols is 1. The third kappa shape index (κ3) is 19.5. The molecule has 17 heteroatoms. The van der Waals surface area contributed by atoms with Crippen LogP contribution in [0.15, 0.2) is 182 Å². The molecule has 0 spiro atoms. The van der Waals surface area contributed by atoms with Gasteiger partial charge in [-0.05, 0) is 93.7 Å². The predicted molar refractivity (Wildman–Crippen MR) is 362 cm³/mol. The van der Waals surface area contributed by atoms with Gasteiger partial charge in [-0.1, -0.05) is 176 Å². The Hall–Kier alpha value is -8.50. The van der Waals surface area contributed by atoms with Crippen LogP contribution in [0.5, 0.6) is 34.5 Å². The summed E-state index contributed by atoms with van der Waals surface area (Å²) in [6.07, 6.45) is 3.65. The first-order valence-electron chi connectivity index (χ1n) is 30.7. The van der Waals surface area contributed by atoms with Crippen molar-refractivity contribution in [1.82, 2.24) is 19.6 Å². The van der Waals surface area contributed by atoms with Gasteiger partial charge in [-0.2, -0.15) is 0 Å². The van der Waals surface area contributed by atoms with Crippen LogP contribution >= 0.6 is 39.1 Å². The molecular formula is C74H79BrCl2N4O10. The molecule has 2 aliphatic rings.